The lowest BCUT2D eigenvalue weighted by atomic mass is 10.1. The van der Waals surface area contributed by atoms with Gasteiger partial charge in [0.2, 0.25) is 5.91 Å². The molecule has 2 N–H and O–H groups in total. The van der Waals surface area contributed by atoms with Crippen LogP contribution in [0.1, 0.15) is 18.4 Å². The van der Waals surface area contributed by atoms with E-state index in [1.165, 1.54) is 0 Å². The van der Waals surface area contributed by atoms with Crippen molar-refractivity contribution in [3.05, 3.63) is 29.8 Å². The van der Waals surface area contributed by atoms with E-state index in [9.17, 15) is 4.79 Å². The van der Waals surface area contributed by atoms with Gasteiger partial charge in [0.25, 0.3) is 0 Å². The molecule has 0 bridgehead atoms. The summed E-state index contributed by atoms with van der Waals surface area (Å²) in [5.74, 6) is 0.953. The Bertz CT molecular complexity index is 457. The van der Waals surface area contributed by atoms with Crippen LogP contribution >= 0.6 is 0 Å². The van der Waals surface area contributed by atoms with Crippen LogP contribution in [0.5, 0.6) is 5.75 Å². The van der Waals surface area contributed by atoms with Gasteiger partial charge in [-0.3, -0.25) is 4.79 Å². The van der Waals surface area contributed by atoms with E-state index in [0.29, 0.717) is 19.6 Å². The van der Waals surface area contributed by atoms with Crippen molar-refractivity contribution in [3.8, 4) is 5.75 Å². The van der Waals surface area contributed by atoms with Gasteiger partial charge in [-0.1, -0.05) is 12.1 Å². The Morgan fingerprint density at radius 1 is 1.38 bits per heavy atom. The summed E-state index contributed by atoms with van der Waals surface area (Å²) >= 11 is 0. The summed E-state index contributed by atoms with van der Waals surface area (Å²) < 4.78 is 10.8. The molecule has 21 heavy (non-hydrogen) atoms. The van der Waals surface area contributed by atoms with E-state index in [0.717, 1.165) is 37.2 Å². The van der Waals surface area contributed by atoms with Gasteiger partial charge in [0, 0.05) is 19.6 Å². The molecule has 2 rings (SSSR count). The highest BCUT2D eigenvalue weighted by Gasteiger charge is 2.23. The van der Waals surface area contributed by atoms with Gasteiger partial charge >= 0.3 is 0 Å². The number of methoxy groups -OCH3 is 1. The number of piperidine rings is 1. The maximum atomic E-state index is 12.3. The lowest BCUT2D eigenvalue weighted by molar-refractivity contribution is -0.133. The van der Waals surface area contributed by atoms with Crippen LogP contribution in [0.4, 0.5) is 0 Å². The van der Waals surface area contributed by atoms with E-state index in [2.05, 4.69) is 0 Å². The summed E-state index contributed by atoms with van der Waals surface area (Å²) in [5, 5.41) is 0. The number of nitrogens with two attached hydrogens (primary N) is 1. The molecular weight excluding hydrogens is 268 g/mol. The number of ether oxygens (including phenoxy) is 2. The van der Waals surface area contributed by atoms with Crippen LogP contribution in [-0.4, -0.2) is 50.3 Å². The van der Waals surface area contributed by atoms with Crippen LogP contribution < -0.4 is 10.5 Å². The Hall–Kier alpha value is -1.59. The first-order valence-corrected chi connectivity index (χ1v) is 7.45. The molecule has 5 heteroatoms. The Labute approximate surface area is 126 Å². The van der Waals surface area contributed by atoms with E-state index in [-0.39, 0.29) is 12.0 Å². The molecule has 5 nitrogen and oxygen atoms in total. The molecule has 1 amide bonds. The largest absolute Gasteiger partial charge is 0.497 e. The number of hydrogen-bond acceptors (Lipinski definition) is 4. The smallest absolute Gasteiger partial charge is 0.226 e. The summed E-state index contributed by atoms with van der Waals surface area (Å²) in [6, 6.07) is 7.66. The number of amides is 1. The van der Waals surface area contributed by atoms with Crippen LogP contribution in [0.2, 0.25) is 0 Å². The number of benzene rings is 1. The zero-order valence-electron chi connectivity index (χ0n) is 12.6. The molecule has 0 aromatic heterocycles. The molecule has 1 heterocycles. The van der Waals surface area contributed by atoms with Crippen LogP contribution in [0, 0.1) is 0 Å². The predicted octanol–water partition coefficient (Wildman–Crippen LogP) is 1.20. The fourth-order valence-electron chi connectivity index (χ4n) is 2.58. The molecule has 1 saturated heterocycles. The number of nitrogens with zero attached hydrogens (tertiary/aromatic N) is 1. The summed E-state index contributed by atoms with van der Waals surface area (Å²) in [7, 11) is 1.63. The summed E-state index contributed by atoms with van der Waals surface area (Å²) in [6.07, 6.45) is 2.45. The van der Waals surface area contributed by atoms with Gasteiger partial charge < -0.3 is 20.1 Å². The lowest BCUT2D eigenvalue weighted by Crippen LogP contribution is -2.41. The van der Waals surface area contributed by atoms with Gasteiger partial charge in [-0.25, -0.2) is 0 Å². The maximum Gasteiger partial charge on any atom is 0.226 e. The molecule has 0 saturated carbocycles. The Balaban J connectivity index is 1.81. The van der Waals surface area contributed by atoms with Gasteiger partial charge in [-0.05, 0) is 30.5 Å². The average molecular weight is 292 g/mol. The van der Waals surface area contributed by atoms with Gasteiger partial charge in [0.15, 0.2) is 0 Å². The maximum absolute atomic E-state index is 12.3. The molecule has 0 unspecified atom stereocenters. The summed E-state index contributed by atoms with van der Waals surface area (Å²) in [4.78, 5) is 14.2. The first kappa shape index (κ1) is 15.8. The summed E-state index contributed by atoms with van der Waals surface area (Å²) in [5.41, 5.74) is 6.42. The van der Waals surface area contributed by atoms with E-state index in [1.54, 1.807) is 7.11 Å². The minimum Gasteiger partial charge on any atom is -0.497 e. The predicted molar refractivity (Wildman–Crippen MR) is 81.3 cm³/mol. The molecule has 1 aromatic rings. The number of carbonyl (C=O) groups is 1. The van der Waals surface area contributed by atoms with Crippen LogP contribution in [0.3, 0.4) is 0 Å². The minimum atomic E-state index is 0.167. The van der Waals surface area contributed by atoms with Crippen LogP contribution in [0.25, 0.3) is 0 Å². The first-order chi connectivity index (χ1) is 10.2. The number of hydrogen-bond donors (Lipinski definition) is 1. The molecule has 0 atom stereocenters. The highest BCUT2D eigenvalue weighted by Crippen LogP contribution is 2.17. The normalized spacial score (nSPS) is 16.0. The number of carbonyl (C=O) groups excluding carboxylic acids is 1. The van der Waals surface area contributed by atoms with Gasteiger partial charge in [-0.15, -0.1) is 0 Å². The molecule has 116 valence electrons. The number of rotatable bonds is 6. The van der Waals surface area contributed by atoms with Crippen molar-refractivity contribution in [2.24, 2.45) is 5.73 Å². The van der Waals surface area contributed by atoms with Gasteiger partial charge in [0.1, 0.15) is 5.75 Å². The number of likely N-dealkylation sites (tertiary alicyclic amines) is 1. The molecule has 0 radical (unpaired) electrons. The van der Waals surface area contributed by atoms with E-state index >= 15 is 0 Å². The van der Waals surface area contributed by atoms with Crippen molar-refractivity contribution in [2.45, 2.75) is 25.4 Å². The molecule has 0 aliphatic carbocycles. The topological polar surface area (TPSA) is 64.8 Å². The molecule has 1 aliphatic heterocycles. The quantitative estimate of drug-likeness (QED) is 0.856. The lowest BCUT2D eigenvalue weighted by Gasteiger charge is -2.32. The minimum absolute atomic E-state index is 0.167. The summed E-state index contributed by atoms with van der Waals surface area (Å²) in [6.45, 7) is 2.67. The molecular formula is C16H24N2O3. The molecule has 1 fully saturated rings. The fourth-order valence-corrected chi connectivity index (χ4v) is 2.58. The second-order valence-electron chi connectivity index (χ2n) is 5.27. The zero-order valence-corrected chi connectivity index (χ0v) is 12.6. The third-order valence-corrected chi connectivity index (χ3v) is 3.76. The van der Waals surface area contributed by atoms with E-state index < -0.39 is 0 Å². The third kappa shape index (κ3) is 4.72. The molecule has 1 aromatic carbocycles. The standard InChI is InChI=1S/C16H24N2O3/c1-20-15-4-2-3-13(11-15)12-16(19)18-8-5-14(6-9-18)21-10-7-17/h2-4,11,14H,5-10,12,17H2,1H3. The monoisotopic (exact) mass is 292 g/mol. The molecule has 1 aliphatic rings. The first-order valence-electron chi connectivity index (χ1n) is 7.45. The van der Waals surface area contributed by atoms with Crippen LogP contribution in [-0.2, 0) is 16.0 Å². The average Bonchev–Trinajstić information content (AvgIpc) is 2.53. The van der Waals surface area contributed by atoms with Crippen molar-refractivity contribution in [1.82, 2.24) is 4.90 Å². The Morgan fingerprint density at radius 2 is 2.14 bits per heavy atom. The SMILES string of the molecule is COc1cccc(CC(=O)N2CCC(OCCN)CC2)c1. The van der Waals surface area contributed by atoms with Crippen molar-refractivity contribution >= 4 is 5.91 Å². The Morgan fingerprint density at radius 3 is 2.81 bits per heavy atom. The van der Waals surface area contributed by atoms with E-state index in [1.807, 2.05) is 29.2 Å². The third-order valence-electron chi connectivity index (χ3n) is 3.76. The van der Waals surface area contributed by atoms with Crippen molar-refractivity contribution < 1.29 is 14.3 Å². The highest BCUT2D eigenvalue weighted by atomic mass is 16.5. The van der Waals surface area contributed by atoms with Gasteiger partial charge in [0.05, 0.1) is 26.2 Å². The fraction of sp³-hybridized carbons (Fsp3) is 0.562. The van der Waals surface area contributed by atoms with Crippen LogP contribution in [0.15, 0.2) is 24.3 Å². The second-order valence-corrected chi connectivity index (χ2v) is 5.27. The van der Waals surface area contributed by atoms with Crippen molar-refractivity contribution in [3.63, 3.8) is 0 Å². The zero-order chi connectivity index (χ0) is 15.1. The molecule has 0 spiro atoms. The van der Waals surface area contributed by atoms with E-state index in [4.69, 9.17) is 15.2 Å². The van der Waals surface area contributed by atoms with Gasteiger partial charge in [-0.2, -0.15) is 0 Å². The highest BCUT2D eigenvalue weighted by molar-refractivity contribution is 5.79. The van der Waals surface area contributed by atoms with Crippen molar-refractivity contribution in [1.29, 1.82) is 0 Å². The second kappa shape index (κ2) is 8.00. The van der Waals surface area contributed by atoms with Crippen molar-refractivity contribution in [2.75, 3.05) is 33.4 Å². The Kier molecular flexibility index (Phi) is 6.02.